The second-order valence-corrected chi connectivity index (χ2v) is 3.11. The van der Waals surface area contributed by atoms with Crippen molar-refractivity contribution < 1.29 is 9.90 Å². The van der Waals surface area contributed by atoms with Crippen LogP contribution in [0.4, 0.5) is 0 Å². The number of carbonyl (C=O) groups excluding carboxylic acids is 1. The first-order valence-electron chi connectivity index (χ1n) is 4.95. The molecule has 3 nitrogen and oxygen atoms in total. The average Bonchev–Trinajstić information content (AvgIpc) is 2.28. The number of nitrogens with one attached hydrogen (secondary N) is 1. The molecular formula is C12H15NO2. The lowest BCUT2D eigenvalue weighted by Crippen LogP contribution is -2.22. The van der Waals surface area contributed by atoms with Crippen molar-refractivity contribution >= 4 is 12.0 Å². The van der Waals surface area contributed by atoms with Crippen LogP contribution in [0.2, 0.25) is 0 Å². The van der Waals surface area contributed by atoms with Gasteiger partial charge in [-0.25, -0.2) is 0 Å². The monoisotopic (exact) mass is 205 g/mol. The van der Waals surface area contributed by atoms with Crippen LogP contribution >= 0.6 is 0 Å². The van der Waals surface area contributed by atoms with Crippen LogP contribution < -0.4 is 5.32 Å². The largest absolute Gasteiger partial charge is 0.396 e. The zero-order chi connectivity index (χ0) is 10.9. The summed E-state index contributed by atoms with van der Waals surface area (Å²) in [6.07, 6.45) is 3.84. The summed E-state index contributed by atoms with van der Waals surface area (Å²) in [6.45, 7) is 0.608. The van der Waals surface area contributed by atoms with E-state index < -0.39 is 0 Å². The molecule has 0 aromatic heterocycles. The molecular weight excluding hydrogens is 190 g/mol. The highest BCUT2D eigenvalue weighted by molar-refractivity contribution is 5.91. The van der Waals surface area contributed by atoms with Crippen LogP contribution in [0, 0.1) is 0 Å². The van der Waals surface area contributed by atoms with E-state index in [0.717, 1.165) is 5.56 Å². The number of benzene rings is 1. The third-order valence-corrected chi connectivity index (χ3v) is 1.86. The molecule has 80 valence electrons. The molecule has 0 aliphatic heterocycles. The van der Waals surface area contributed by atoms with Crippen molar-refractivity contribution in [1.82, 2.24) is 5.32 Å². The summed E-state index contributed by atoms with van der Waals surface area (Å²) in [5, 5.41) is 11.2. The number of aliphatic hydroxyl groups is 1. The lowest BCUT2D eigenvalue weighted by Gasteiger charge is -1.98. The van der Waals surface area contributed by atoms with Gasteiger partial charge in [0.05, 0.1) is 0 Å². The van der Waals surface area contributed by atoms with Crippen molar-refractivity contribution in [2.24, 2.45) is 0 Å². The van der Waals surface area contributed by atoms with Crippen molar-refractivity contribution in [3.63, 3.8) is 0 Å². The summed E-state index contributed by atoms with van der Waals surface area (Å²) in [4.78, 5) is 11.2. The Morgan fingerprint density at radius 1 is 1.33 bits per heavy atom. The first-order valence-corrected chi connectivity index (χ1v) is 4.95. The van der Waals surface area contributed by atoms with E-state index >= 15 is 0 Å². The Hall–Kier alpha value is -1.61. The Balaban J connectivity index is 2.34. The fourth-order valence-electron chi connectivity index (χ4n) is 1.09. The van der Waals surface area contributed by atoms with Gasteiger partial charge in [0.15, 0.2) is 0 Å². The molecule has 0 aliphatic carbocycles. The molecule has 0 aliphatic rings. The van der Waals surface area contributed by atoms with Crippen LogP contribution in [-0.2, 0) is 4.79 Å². The maximum Gasteiger partial charge on any atom is 0.244 e. The van der Waals surface area contributed by atoms with Crippen molar-refractivity contribution in [2.45, 2.75) is 6.42 Å². The zero-order valence-corrected chi connectivity index (χ0v) is 8.52. The Kier molecular flexibility index (Phi) is 5.19. The van der Waals surface area contributed by atoms with Gasteiger partial charge in [-0.05, 0) is 18.1 Å². The van der Waals surface area contributed by atoms with Gasteiger partial charge >= 0.3 is 0 Å². The SMILES string of the molecule is O=C(/C=C/c1ccccc1)NCCCO. The van der Waals surface area contributed by atoms with Crippen LogP contribution in [-0.4, -0.2) is 24.2 Å². The zero-order valence-electron chi connectivity index (χ0n) is 8.52. The van der Waals surface area contributed by atoms with E-state index in [9.17, 15) is 4.79 Å². The first kappa shape index (κ1) is 11.5. The Morgan fingerprint density at radius 3 is 2.73 bits per heavy atom. The molecule has 15 heavy (non-hydrogen) atoms. The number of rotatable bonds is 5. The van der Waals surface area contributed by atoms with Gasteiger partial charge in [0.25, 0.3) is 0 Å². The van der Waals surface area contributed by atoms with E-state index in [-0.39, 0.29) is 12.5 Å². The number of aliphatic hydroxyl groups excluding tert-OH is 1. The van der Waals surface area contributed by atoms with Crippen molar-refractivity contribution in [3.8, 4) is 0 Å². The highest BCUT2D eigenvalue weighted by Gasteiger charge is 1.93. The molecule has 0 bridgehead atoms. The van der Waals surface area contributed by atoms with Gasteiger partial charge in [-0.1, -0.05) is 30.3 Å². The molecule has 1 rings (SSSR count). The number of carbonyl (C=O) groups is 1. The number of hydrogen-bond donors (Lipinski definition) is 2. The highest BCUT2D eigenvalue weighted by Crippen LogP contribution is 2.00. The summed E-state index contributed by atoms with van der Waals surface area (Å²) in [7, 11) is 0. The lowest BCUT2D eigenvalue weighted by atomic mass is 10.2. The molecule has 2 N–H and O–H groups in total. The van der Waals surface area contributed by atoms with Gasteiger partial charge in [-0.15, -0.1) is 0 Å². The molecule has 0 radical (unpaired) electrons. The highest BCUT2D eigenvalue weighted by atomic mass is 16.3. The molecule has 0 heterocycles. The minimum absolute atomic E-state index is 0.0999. The second-order valence-electron chi connectivity index (χ2n) is 3.11. The molecule has 0 saturated carbocycles. The average molecular weight is 205 g/mol. The molecule has 1 aromatic carbocycles. The van der Waals surface area contributed by atoms with Gasteiger partial charge in [0.1, 0.15) is 0 Å². The maximum atomic E-state index is 11.2. The Labute approximate surface area is 89.4 Å². The Bertz CT molecular complexity index is 320. The van der Waals surface area contributed by atoms with E-state index in [4.69, 9.17) is 5.11 Å². The predicted molar refractivity (Wildman–Crippen MR) is 60.2 cm³/mol. The van der Waals surface area contributed by atoms with Gasteiger partial charge in [0.2, 0.25) is 5.91 Å². The summed E-state index contributed by atoms with van der Waals surface area (Å²) in [5.74, 6) is -0.132. The molecule has 0 saturated heterocycles. The topological polar surface area (TPSA) is 49.3 Å². The van der Waals surface area contributed by atoms with Crippen molar-refractivity contribution in [1.29, 1.82) is 0 Å². The molecule has 3 heteroatoms. The standard InChI is InChI=1S/C12H15NO2/c14-10-4-9-13-12(15)8-7-11-5-2-1-3-6-11/h1-3,5-8,14H,4,9-10H2,(H,13,15)/b8-7+. The quantitative estimate of drug-likeness (QED) is 0.560. The fraction of sp³-hybridized carbons (Fsp3) is 0.250. The van der Waals surface area contributed by atoms with Crippen LogP contribution in [0.1, 0.15) is 12.0 Å². The van der Waals surface area contributed by atoms with Crippen molar-refractivity contribution in [2.75, 3.05) is 13.2 Å². The van der Waals surface area contributed by atoms with Gasteiger partial charge in [0, 0.05) is 19.2 Å². The van der Waals surface area contributed by atoms with Gasteiger partial charge in [-0.2, -0.15) is 0 Å². The number of amides is 1. The van der Waals surface area contributed by atoms with Crippen LogP contribution in [0.3, 0.4) is 0 Å². The summed E-state index contributed by atoms with van der Waals surface area (Å²) < 4.78 is 0. The van der Waals surface area contributed by atoms with E-state index in [1.807, 2.05) is 30.3 Å². The van der Waals surface area contributed by atoms with Crippen LogP contribution in [0.25, 0.3) is 6.08 Å². The first-order chi connectivity index (χ1) is 7.33. The Morgan fingerprint density at radius 2 is 2.07 bits per heavy atom. The van der Waals surface area contributed by atoms with Gasteiger partial charge in [-0.3, -0.25) is 4.79 Å². The fourth-order valence-corrected chi connectivity index (χ4v) is 1.09. The summed E-state index contributed by atoms with van der Waals surface area (Å²) >= 11 is 0. The van der Waals surface area contributed by atoms with E-state index in [0.29, 0.717) is 13.0 Å². The minimum Gasteiger partial charge on any atom is -0.396 e. The van der Waals surface area contributed by atoms with E-state index in [1.165, 1.54) is 6.08 Å². The lowest BCUT2D eigenvalue weighted by molar-refractivity contribution is -0.116. The van der Waals surface area contributed by atoms with Gasteiger partial charge < -0.3 is 10.4 Å². The van der Waals surface area contributed by atoms with E-state index in [1.54, 1.807) is 6.08 Å². The van der Waals surface area contributed by atoms with Crippen LogP contribution in [0.5, 0.6) is 0 Å². The third-order valence-electron chi connectivity index (χ3n) is 1.86. The summed E-state index contributed by atoms with van der Waals surface area (Å²) in [5.41, 5.74) is 0.995. The maximum absolute atomic E-state index is 11.2. The van der Waals surface area contributed by atoms with Crippen molar-refractivity contribution in [3.05, 3.63) is 42.0 Å². The third kappa shape index (κ3) is 4.98. The molecule has 1 amide bonds. The normalized spacial score (nSPS) is 10.5. The van der Waals surface area contributed by atoms with Crippen LogP contribution in [0.15, 0.2) is 36.4 Å². The molecule has 0 atom stereocenters. The summed E-state index contributed by atoms with van der Waals surface area (Å²) in [6, 6.07) is 9.63. The smallest absolute Gasteiger partial charge is 0.244 e. The molecule has 0 spiro atoms. The van der Waals surface area contributed by atoms with E-state index in [2.05, 4.69) is 5.32 Å². The molecule has 0 unspecified atom stereocenters. The molecule has 1 aromatic rings. The predicted octanol–water partition coefficient (Wildman–Crippen LogP) is 1.20. The second kappa shape index (κ2) is 6.79. The number of hydrogen-bond acceptors (Lipinski definition) is 2. The molecule has 0 fully saturated rings. The minimum atomic E-state index is -0.132.